The molecule has 128 valence electrons. The number of benzene rings is 1. The predicted molar refractivity (Wildman–Crippen MR) is 103 cm³/mol. The molecule has 0 saturated heterocycles. The smallest absolute Gasteiger partial charge is 0.246 e. The fourth-order valence-electron chi connectivity index (χ4n) is 3.02. The van der Waals surface area contributed by atoms with Crippen molar-refractivity contribution in [1.29, 1.82) is 0 Å². The summed E-state index contributed by atoms with van der Waals surface area (Å²) in [6, 6.07) is 13.8. The highest BCUT2D eigenvalue weighted by Crippen LogP contribution is 2.31. The van der Waals surface area contributed by atoms with Crippen LogP contribution in [-0.2, 0) is 0 Å². The molecule has 0 aliphatic rings. The summed E-state index contributed by atoms with van der Waals surface area (Å²) in [5, 5.41) is 0.844. The quantitative estimate of drug-likeness (QED) is 0.484. The van der Waals surface area contributed by atoms with Crippen molar-refractivity contribution < 1.29 is 4.42 Å². The van der Waals surface area contributed by atoms with Crippen molar-refractivity contribution >= 4 is 43.9 Å². The first-order chi connectivity index (χ1) is 13.3. The van der Waals surface area contributed by atoms with E-state index in [1.807, 2.05) is 42.5 Å². The Labute approximate surface area is 155 Å². The van der Waals surface area contributed by atoms with Crippen LogP contribution >= 0.6 is 11.3 Å². The Kier molecular flexibility index (Phi) is 2.91. The standard InChI is InChI=1S/C19H10N6OS/c1-2-4-12-11(3-1)22-16(23-12)13-5-6-14-19(24-13)27-18(25-14)10-7-15-17(20-8-10)26-9-21-15/h1-9H,(H,22,23). The summed E-state index contributed by atoms with van der Waals surface area (Å²) in [7, 11) is 0. The summed E-state index contributed by atoms with van der Waals surface area (Å²) in [6.45, 7) is 0. The molecule has 7 nitrogen and oxygen atoms in total. The minimum absolute atomic E-state index is 0.519. The number of nitrogens with zero attached hydrogens (tertiary/aromatic N) is 5. The second-order valence-corrected chi connectivity index (χ2v) is 7.02. The first-order valence-corrected chi connectivity index (χ1v) is 9.07. The first-order valence-electron chi connectivity index (χ1n) is 8.26. The Morgan fingerprint density at radius 3 is 2.81 bits per heavy atom. The van der Waals surface area contributed by atoms with E-state index in [-0.39, 0.29) is 0 Å². The van der Waals surface area contributed by atoms with Gasteiger partial charge in [0.15, 0.2) is 12.2 Å². The number of oxazole rings is 1. The van der Waals surface area contributed by atoms with Crippen LogP contribution in [0.25, 0.3) is 54.7 Å². The molecule has 8 heteroatoms. The molecule has 0 radical (unpaired) electrons. The average molecular weight is 370 g/mol. The largest absolute Gasteiger partial charge is 0.425 e. The van der Waals surface area contributed by atoms with Crippen molar-refractivity contribution in [2.75, 3.05) is 0 Å². The number of para-hydroxylation sites is 2. The zero-order valence-electron chi connectivity index (χ0n) is 13.7. The number of aromatic amines is 1. The monoisotopic (exact) mass is 370 g/mol. The third-order valence-corrected chi connectivity index (χ3v) is 5.34. The van der Waals surface area contributed by atoms with Crippen molar-refractivity contribution in [2.45, 2.75) is 0 Å². The molecular formula is C19H10N6OS. The number of rotatable bonds is 2. The molecule has 0 fully saturated rings. The molecular weight excluding hydrogens is 360 g/mol. The first kappa shape index (κ1) is 14.5. The Morgan fingerprint density at radius 1 is 0.889 bits per heavy atom. The van der Waals surface area contributed by atoms with Crippen LogP contribution in [0.2, 0.25) is 0 Å². The molecule has 27 heavy (non-hydrogen) atoms. The maximum absolute atomic E-state index is 5.20. The lowest BCUT2D eigenvalue weighted by molar-refractivity contribution is 0.591. The lowest BCUT2D eigenvalue weighted by Crippen LogP contribution is -1.85. The van der Waals surface area contributed by atoms with Crippen LogP contribution in [0, 0.1) is 0 Å². The normalized spacial score (nSPS) is 11.7. The summed E-state index contributed by atoms with van der Waals surface area (Å²) >= 11 is 1.51. The molecule has 5 heterocycles. The Hall–Kier alpha value is -3.65. The van der Waals surface area contributed by atoms with Crippen molar-refractivity contribution in [1.82, 2.24) is 29.9 Å². The minimum atomic E-state index is 0.519. The maximum Gasteiger partial charge on any atom is 0.246 e. The number of H-pyrrole nitrogens is 1. The van der Waals surface area contributed by atoms with Gasteiger partial charge in [0.05, 0.1) is 11.0 Å². The highest BCUT2D eigenvalue weighted by atomic mass is 32.1. The number of nitrogens with one attached hydrogen (secondary N) is 1. The lowest BCUT2D eigenvalue weighted by Gasteiger charge is -1.94. The van der Waals surface area contributed by atoms with E-state index in [0.29, 0.717) is 11.2 Å². The fourth-order valence-corrected chi connectivity index (χ4v) is 3.94. The van der Waals surface area contributed by atoms with Crippen LogP contribution in [0.3, 0.4) is 0 Å². The van der Waals surface area contributed by atoms with Crippen LogP contribution in [0.15, 0.2) is 59.5 Å². The summed E-state index contributed by atoms with van der Waals surface area (Å²) in [6.07, 6.45) is 3.13. The molecule has 0 amide bonds. The van der Waals surface area contributed by atoms with E-state index in [0.717, 1.165) is 43.5 Å². The molecule has 0 atom stereocenters. The minimum Gasteiger partial charge on any atom is -0.425 e. The Morgan fingerprint density at radius 2 is 1.85 bits per heavy atom. The predicted octanol–water partition coefficient (Wildman–Crippen LogP) is 4.44. The molecule has 0 aliphatic heterocycles. The molecule has 0 spiro atoms. The molecule has 0 aliphatic carbocycles. The van der Waals surface area contributed by atoms with Crippen LogP contribution < -0.4 is 0 Å². The molecule has 6 rings (SSSR count). The molecule has 0 bridgehead atoms. The Balaban J connectivity index is 1.46. The van der Waals surface area contributed by atoms with Gasteiger partial charge in [0.25, 0.3) is 0 Å². The van der Waals surface area contributed by atoms with Gasteiger partial charge in [-0.1, -0.05) is 23.5 Å². The van der Waals surface area contributed by atoms with Gasteiger partial charge >= 0.3 is 0 Å². The lowest BCUT2D eigenvalue weighted by atomic mass is 10.3. The number of imidazole rings is 1. The SMILES string of the molecule is c1ccc2[nH]c(-c3ccc4nc(-c5cnc6ocnc6c5)sc4n3)nc2c1. The van der Waals surface area contributed by atoms with Crippen LogP contribution in [0.5, 0.6) is 0 Å². The van der Waals surface area contributed by atoms with Crippen molar-refractivity contribution in [3.05, 3.63) is 55.1 Å². The number of thiazole rings is 1. The highest BCUT2D eigenvalue weighted by Gasteiger charge is 2.13. The number of pyridine rings is 2. The zero-order valence-corrected chi connectivity index (χ0v) is 14.6. The second kappa shape index (κ2) is 5.42. The molecule has 1 aromatic carbocycles. The van der Waals surface area contributed by atoms with Crippen LogP contribution in [-0.4, -0.2) is 29.9 Å². The van der Waals surface area contributed by atoms with Gasteiger partial charge in [-0.15, -0.1) is 0 Å². The molecule has 5 aromatic heterocycles. The topological polar surface area (TPSA) is 93.4 Å². The van der Waals surface area contributed by atoms with Gasteiger partial charge in [0, 0.05) is 11.8 Å². The molecule has 6 aromatic rings. The highest BCUT2D eigenvalue weighted by molar-refractivity contribution is 7.21. The second-order valence-electron chi connectivity index (χ2n) is 6.04. The summed E-state index contributed by atoms with van der Waals surface area (Å²) in [5.41, 5.74) is 5.67. The van der Waals surface area contributed by atoms with Crippen LogP contribution in [0.4, 0.5) is 0 Å². The fraction of sp³-hybridized carbons (Fsp3) is 0. The van der Waals surface area contributed by atoms with Crippen molar-refractivity contribution in [2.24, 2.45) is 0 Å². The van der Waals surface area contributed by atoms with E-state index in [2.05, 4.69) is 24.9 Å². The third-order valence-electron chi connectivity index (χ3n) is 4.32. The van der Waals surface area contributed by atoms with E-state index in [4.69, 9.17) is 9.40 Å². The summed E-state index contributed by atoms with van der Waals surface area (Å²) in [5.74, 6) is 0.749. The van der Waals surface area contributed by atoms with Gasteiger partial charge in [-0.3, -0.25) is 0 Å². The van der Waals surface area contributed by atoms with E-state index in [1.54, 1.807) is 6.20 Å². The van der Waals surface area contributed by atoms with Gasteiger partial charge in [-0.25, -0.2) is 24.9 Å². The number of aromatic nitrogens is 6. The number of hydrogen-bond acceptors (Lipinski definition) is 7. The van der Waals surface area contributed by atoms with Gasteiger partial charge in [0.2, 0.25) is 5.71 Å². The average Bonchev–Trinajstić information content (AvgIpc) is 3.42. The number of hydrogen-bond donors (Lipinski definition) is 1. The molecule has 1 N–H and O–H groups in total. The van der Waals surface area contributed by atoms with Gasteiger partial charge in [0.1, 0.15) is 26.6 Å². The van der Waals surface area contributed by atoms with E-state index >= 15 is 0 Å². The maximum atomic E-state index is 5.20. The van der Waals surface area contributed by atoms with E-state index < -0.39 is 0 Å². The van der Waals surface area contributed by atoms with E-state index in [1.165, 1.54) is 17.7 Å². The molecule has 0 unspecified atom stereocenters. The van der Waals surface area contributed by atoms with Gasteiger partial charge in [-0.05, 0) is 30.3 Å². The summed E-state index contributed by atoms with van der Waals surface area (Å²) < 4.78 is 5.20. The summed E-state index contributed by atoms with van der Waals surface area (Å²) in [4.78, 5) is 26.6. The number of fused-ring (bicyclic) bond motifs is 3. The van der Waals surface area contributed by atoms with Crippen LogP contribution in [0.1, 0.15) is 0 Å². The molecule has 0 saturated carbocycles. The van der Waals surface area contributed by atoms with Crippen molar-refractivity contribution in [3.8, 4) is 22.1 Å². The third kappa shape index (κ3) is 2.31. The zero-order chi connectivity index (χ0) is 17.8. The van der Waals surface area contributed by atoms with E-state index in [9.17, 15) is 0 Å². The van der Waals surface area contributed by atoms with Crippen molar-refractivity contribution in [3.63, 3.8) is 0 Å². The Bertz CT molecular complexity index is 1410. The van der Waals surface area contributed by atoms with Gasteiger partial charge < -0.3 is 9.40 Å². The van der Waals surface area contributed by atoms with Gasteiger partial charge in [-0.2, -0.15) is 0 Å².